The fraction of sp³-hybridized carbons (Fsp3) is 0. The van der Waals surface area contributed by atoms with E-state index in [1.807, 2.05) is 53.5 Å². The number of rotatable bonds is 1. The van der Waals surface area contributed by atoms with Crippen LogP contribution in [0.5, 0.6) is 0 Å². The molecule has 0 bridgehead atoms. The van der Waals surface area contributed by atoms with Gasteiger partial charge in [0.2, 0.25) is 11.9 Å². The standard InChI is InChI=1S/C14H10BrN2.ClHO4/c15-13-5-7-14(8-6-13)17-10-12-4-2-1-3-11(12)9-16-17;2-1(3,4)5/h1-10H;(H,2,3,4,5)/q+1;/p-1. The van der Waals surface area contributed by atoms with Crippen LogP contribution in [-0.2, 0) is 0 Å². The summed E-state index contributed by atoms with van der Waals surface area (Å²) in [5.41, 5.74) is 1.05. The molecule has 1 heterocycles. The second kappa shape index (κ2) is 7.10. The lowest BCUT2D eigenvalue weighted by atomic mass is 10.2. The van der Waals surface area contributed by atoms with Crippen LogP contribution in [0.2, 0.25) is 0 Å². The molecular weight excluding hydrogens is 376 g/mol. The summed E-state index contributed by atoms with van der Waals surface area (Å²) in [4.78, 5) is 0. The van der Waals surface area contributed by atoms with Crippen molar-refractivity contribution in [3.63, 3.8) is 0 Å². The number of benzene rings is 2. The quantitative estimate of drug-likeness (QED) is 0.475. The molecule has 114 valence electrons. The van der Waals surface area contributed by atoms with Crippen LogP contribution in [-0.4, -0.2) is 5.10 Å². The molecule has 8 heteroatoms. The largest absolute Gasteiger partial charge is 0.238 e. The van der Waals surface area contributed by atoms with E-state index in [4.69, 9.17) is 18.6 Å². The number of hydrogen-bond donors (Lipinski definition) is 0. The van der Waals surface area contributed by atoms with Crippen molar-refractivity contribution in [2.24, 2.45) is 0 Å². The molecular formula is C14H10BrClN2O4. The average molecular weight is 386 g/mol. The number of halogens is 2. The van der Waals surface area contributed by atoms with Crippen LogP contribution in [0.1, 0.15) is 0 Å². The Morgan fingerprint density at radius 1 is 0.864 bits per heavy atom. The van der Waals surface area contributed by atoms with Crippen molar-refractivity contribution in [1.29, 1.82) is 0 Å². The highest BCUT2D eigenvalue weighted by Gasteiger charge is 2.08. The van der Waals surface area contributed by atoms with Crippen molar-refractivity contribution >= 4 is 26.7 Å². The fourth-order valence-electron chi connectivity index (χ4n) is 1.77. The van der Waals surface area contributed by atoms with Gasteiger partial charge in [-0.25, -0.2) is 18.6 Å². The molecule has 0 spiro atoms. The van der Waals surface area contributed by atoms with Crippen LogP contribution in [0, 0.1) is 10.2 Å². The molecule has 6 nitrogen and oxygen atoms in total. The Bertz CT molecular complexity index is 757. The summed E-state index contributed by atoms with van der Waals surface area (Å²) in [5.74, 6) is 0. The van der Waals surface area contributed by atoms with Gasteiger partial charge < -0.3 is 0 Å². The lowest BCUT2D eigenvalue weighted by Gasteiger charge is -2.17. The zero-order valence-electron chi connectivity index (χ0n) is 11.1. The molecule has 3 rings (SSSR count). The molecule has 0 N–H and O–H groups in total. The van der Waals surface area contributed by atoms with Gasteiger partial charge in [-0.3, -0.25) is 0 Å². The zero-order valence-corrected chi connectivity index (χ0v) is 13.4. The second-order valence-electron chi connectivity index (χ2n) is 4.20. The minimum Gasteiger partial charge on any atom is -0.222 e. The first kappa shape index (κ1) is 16.8. The summed E-state index contributed by atoms with van der Waals surface area (Å²) in [6.07, 6.45) is 3.93. The van der Waals surface area contributed by atoms with E-state index in [1.165, 1.54) is 5.39 Å². The maximum atomic E-state index is 8.49. The Hall–Kier alpha value is -1.61. The van der Waals surface area contributed by atoms with Crippen LogP contribution >= 0.6 is 15.9 Å². The third-order valence-corrected chi connectivity index (χ3v) is 3.20. The van der Waals surface area contributed by atoms with Crippen molar-refractivity contribution in [2.45, 2.75) is 0 Å². The number of aromatic nitrogens is 2. The van der Waals surface area contributed by atoms with E-state index in [0.717, 1.165) is 15.5 Å². The van der Waals surface area contributed by atoms with Gasteiger partial charge in [0.15, 0.2) is 0 Å². The highest BCUT2D eigenvalue weighted by molar-refractivity contribution is 9.10. The maximum absolute atomic E-state index is 8.49. The van der Waals surface area contributed by atoms with Crippen molar-refractivity contribution in [2.75, 3.05) is 0 Å². The van der Waals surface area contributed by atoms with Gasteiger partial charge in [-0.2, -0.15) is 0 Å². The smallest absolute Gasteiger partial charge is 0.222 e. The summed E-state index contributed by atoms with van der Waals surface area (Å²) in [6, 6.07) is 16.3. The van der Waals surface area contributed by atoms with Crippen LogP contribution in [0.25, 0.3) is 16.5 Å². The summed E-state index contributed by atoms with van der Waals surface area (Å²) >= 11 is 3.43. The van der Waals surface area contributed by atoms with Gasteiger partial charge >= 0.3 is 0 Å². The minimum atomic E-state index is -4.94. The first-order chi connectivity index (χ1) is 10.3. The summed E-state index contributed by atoms with van der Waals surface area (Å²) < 4.78 is 36.9. The van der Waals surface area contributed by atoms with Crippen molar-refractivity contribution < 1.29 is 33.6 Å². The normalized spacial score (nSPS) is 11.0. The molecule has 0 aliphatic carbocycles. The zero-order chi connectivity index (χ0) is 16.2. The van der Waals surface area contributed by atoms with E-state index in [0.29, 0.717) is 0 Å². The van der Waals surface area contributed by atoms with E-state index in [9.17, 15) is 0 Å². The number of hydrogen-bond acceptors (Lipinski definition) is 5. The molecule has 0 aliphatic heterocycles. The Morgan fingerprint density at radius 3 is 2.00 bits per heavy atom. The van der Waals surface area contributed by atoms with E-state index in [-0.39, 0.29) is 0 Å². The lowest BCUT2D eigenvalue weighted by Crippen LogP contribution is -2.68. The molecule has 2 aromatic carbocycles. The lowest BCUT2D eigenvalue weighted by molar-refractivity contribution is -2.00. The molecule has 0 unspecified atom stereocenters. The Kier molecular flexibility index (Phi) is 5.41. The minimum absolute atomic E-state index is 1.05. The van der Waals surface area contributed by atoms with Crippen molar-refractivity contribution in [3.8, 4) is 5.69 Å². The molecule has 1 aromatic heterocycles. The molecule has 22 heavy (non-hydrogen) atoms. The van der Waals surface area contributed by atoms with Crippen LogP contribution in [0.4, 0.5) is 0 Å². The van der Waals surface area contributed by atoms with Crippen LogP contribution < -0.4 is 23.3 Å². The first-order valence-corrected chi connectivity index (χ1v) is 8.00. The Balaban J connectivity index is 0.000000309. The highest BCUT2D eigenvalue weighted by atomic mass is 79.9. The van der Waals surface area contributed by atoms with E-state index in [1.54, 1.807) is 0 Å². The molecule has 3 aromatic rings. The first-order valence-electron chi connectivity index (χ1n) is 5.97. The van der Waals surface area contributed by atoms with Gasteiger partial charge in [-0.15, -0.1) is 10.2 Å². The molecule has 0 aliphatic rings. The van der Waals surface area contributed by atoms with E-state index >= 15 is 0 Å². The predicted molar refractivity (Wildman–Crippen MR) is 71.0 cm³/mol. The fourth-order valence-corrected chi connectivity index (χ4v) is 2.03. The van der Waals surface area contributed by atoms with Gasteiger partial charge in [-0.05, 0) is 23.3 Å². The molecule has 0 atom stereocenters. The monoisotopic (exact) mass is 384 g/mol. The second-order valence-corrected chi connectivity index (χ2v) is 5.87. The third kappa shape index (κ3) is 5.30. The van der Waals surface area contributed by atoms with Gasteiger partial charge in [0.1, 0.15) is 6.20 Å². The van der Waals surface area contributed by atoms with Crippen LogP contribution in [0.3, 0.4) is 0 Å². The summed E-state index contributed by atoms with van der Waals surface area (Å²) in [5, 5.41) is 6.75. The van der Waals surface area contributed by atoms with Gasteiger partial charge in [0.05, 0.1) is 5.39 Å². The van der Waals surface area contributed by atoms with E-state index < -0.39 is 10.2 Å². The van der Waals surface area contributed by atoms with Gasteiger partial charge in [0, 0.05) is 22.0 Å². The maximum Gasteiger partial charge on any atom is 0.238 e. The van der Waals surface area contributed by atoms with Gasteiger partial charge in [-0.1, -0.05) is 38.8 Å². The number of nitrogens with zero attached hydrogens (tertiary/aromatic N) is 2. The summed E-state index contributed by atoms with van der Waals surface area (Å²) in [6.45, 7) is 0. The molecule has 0 amide bonds. The topological polar surface area (TPSA) is 109 Å². The average Bonchev–Trinajstić information content (AvgIpc) is 2.46. The predicted octanol–water partition coefficient (Wildman–Crippen LogP) is -1.48. The molecule has 0 fully saturated rings. The molecule has 0 radical (unpaired) electrons. The third-order valence-electron chi connectivity index (χ3n) is 2.67. The SMILES string of the molecule is Brc1ccc(-[n+]2cc3ccccc3cn2)cc1.[O-][Cl+3]([O-])([O-])[O-]. The number of fused-ring (bicyclic) bond motifs is 1. The molecule has 0 saturated carbocycles. The van der Waals surface area contributed by atoms with E-state index in [2.05, 4.69) is 33.2 Å². The summed E-state index contributed by atoms with van der Waals surface area (Å²) in [7, 11) is -4.94. The highest BCUT2D eigenvalue weighted by Crippen LogP contribution is 2.12. The van der Waals surface area contributed by atoms with Crippen LogP contribution in [0.15, 0.2) is 65.4 Å². The Morgan fingerprint density at radius 2 is 1.41 bits per heavy atom. The Labute approximate surface area is 136 Å². The van der Waals surface area contributed by atoms with Crippen molar-refractivity contribution in [1.82, 2.24) is 5.10 Å². The van der Waals surface area contributed by atoms with Crippen molar-refractivity contribution in [3.05, 3.63) is 65.4 Å². The molecule has 0 saturated heterocycles. The van der Waals surface area contributed by atoms with Gasteiger partial charge in [0.25, 0.3) is 0 Å².